The average Bonchev–Trinajstić information content (AvgIpc) is 2.94. The zero-order chi connectivity index (χ0) is 30.0. The first-order valence-electron chi connectivity index (χ1n) is 15.7. The Balaban J connectivity index is 1.69. The molecule has 0 radical (unpaired) electrons. The van der Waals surface area contributed by atoms with Crippen molar-refractivity contribution in [3.05, 3.63) is 112 Å². The predicted molar refractivity (Wildman–Crippen MR) is 182 cm³/mol. The topological polar surface area (TPSA) is 3.24 Å². The summed E-state index contributed by atoms with van der Waals surface area (Å²) >= 11 is 6.78. The van der Waals surface area contributed by atoms with Crippen LogP contribution in [0.5, 0.6) is 0 Å². The number of anilines is 3. The normalized spacial score (nSPS) is 20.0. The Morgan fingerprint density at radius 2 is 1.31 bits per heavy atom. The second kappa shape index (κ2) is 10.3. The van der Waals surface area contributed by atoms with Gasteiger partial charge in [0, 0.05) is 22.0 Å². The van der Waals surface area contributed by atoms with E-state index in [2.05, 4.69) is 139 Å². The molecule has 0 aromatic heterocycles. The Hall–Kier alpha value is -3.03. The summed E-state index contributed by atoms with van der Waals surface area (Å²) in [6.45, 7) is 19.0. The summed E-state index contributed by atoms with van der Waals surface area (Å²) in [6.07, 6.45) is 4.82. The third-order valence-electron chi connectivity index (χ3n) is 10.3. The molecule has 0 spiro atoms. The molecule has 0 amide bonds. The lowest BCUT2D eigenvalue weighted by molar-refractivity contribution is 0.332. The van der Waals surface area contributed by atoms with E-state index >= 15 is 0 Å². The van der Waals surface area contributed by atoms with Crippen molar-refractivity contribution in [3.63, 3.8) is 0 Å². The Labute approximate surface area is 258 Å². The van der Waals surface area contributed by atoms with Crippen molar-refractivity contribution in [2.45, 2.75) is 103 Å². The molecule has 0 aliphatic heterocycles. The van der Waals surface area contributed by atoms with Gasteiger partial charge in [0.2, 0.25) is 0 Å². The van der Waals surface area contributed by atoms with E-state index in [-0.39, 0.29) is 16.2 Å². The molecule has 1 atom stereocenters. The zero-order valence-electron chi connectivity index (χ0n) is 26.7. The smallest absolute Gasteiger partial charge is 0.0543 e. The van der Waals surface area contributed by atoms with Gasteiger partial charge in [-0.2, -0.15) is 0 Å². The number of hydrogen-bond donors (Lipinski definition) is 0. The summed E-state index contributed by atoms with van der Waals surface area (Å²) in [4.78, 5) is 2.48. The first-order chi connectivity index (χ1) is 19.8. The Morgan fingerprint density at radius 1 is 0.667 bits per heavy atom. The summed E-state index contributed by atoms with van der Waals surface area (Å²) in [5.41, 5.74) is 13.4. The standard InChI is InChI=1S/C40H46ClN/c1-26-20-29(41)22-31(21-26)42(30-14-15-32-27(2)16-17-38(3,4)34(32)23-30)37-25-36-35(39(5,6)18-19-40(36,7)8)24-33(37)28-12-10-9-11-13-28/h9-15,20-25,27H,16-19H2,1-8H3. The van der Waals surface area contributed by atoms with Crippen LogP contribution >= 0.6 is 11.6 Å². The lowest BCUT2D eigenvalue weighted by Crippen LogP contribution is -2.34. The van der Waals surface area contributed by atoms with Crippen LogP contribution in [0.2, 0.25) is 5.02 Å². The molecule has 4 aromatic carbocycles. The molecule has 0 saturated carbocycles. The second-order valence-corrected chi connectivity index (χ2v) is 15.4. The number of halogens is 1. The van der Waals surface area contributed by atoms with Crippen LogP contribution in [-0.4, -0.2) is 0 Å². The van der Waals surface area contributed by atoms with E-state index < -0.39 is 0 Å². The SMILES string of the molecule is Cc1cc(Cl)cc(N(c2ccc3c(c2)C(C)(C)CCC3C)c2cc3c(cc2-c2ccccc2)C(C)(C)CCC3(C)C)c1. The molecule has 0 N–H and O–H groups in total. The fraction of sp³-hybridized carbons (Fsp3) is 0.400. The van der Waals surface area contributed by atoms with Crippen molar-refractivity contribution >= 4 is 28.7 Å². The fourth-order valence-corrected chi connectivity index (χ4v) is 7.76. The highest BCUT2D eigenvalue weighted by atomic mass is 35.5. The van der Waals surface area contributed by atoms with Gasteiger partial charge in [-0.3, -0.25) is 0 Å². The van der Waals surface area contributed by atoms with Crippen LogP contribution < -0.4 is 4.90 Å². The molecule has 1 unspecified atom stereocenters. The molecule has 6 rings (SSSR count). The number of rotatable bonds is 4. The summed E-state index contributed by atoms with van der Waals surface area (Å²) in [5, 5.41) is 0.766. The molecule has 2 heteroatoms. The quantitative estimate of drug-likeness (QED) is 0.234. The predicted octanol–water partition coefficient (Wildman–Crippen LogP) is 12.3. The van der Waals surface area contributed by atoms with Crippen molar-refractivity contribution in [3.8, 4) is 11.1 Å². The number of aryl methyl sites for hydroxylation is 1. The number of hydrogen-bond acceptors (Lipinski definition) is 1. The third kappa shape index (κ3) is 5.09. The van der Waals surface area contributed by atoms with Gasteiger partial charge in [0.25, 0.3) is 0 Å². The van der Waals surface area contributed by atoms with Crippen molar-refractivity contribution in [2.24, 2.45) is 0 Å². The van der Waals surface area contributed by atoms with Crippen LogP contribution in [0.3, 0.4) is 0 Å². The minimum atomic E-state index is 0.0953. The molecule has 0 fully saturated rings. The Bertz CT molecular complexity index is 1620. The van der Waals surface area contributed by atoms with Crippen molar-refractivity contribution in [1.82, 2.24) is 0 Å². The molecule has 2 aliphatic carbocycles. The molecule has 2 aliphatic rings. The Kier molecular flexibility index (Phi) is 7.13. The monoisotopic (exact) mass is 575 g/mol. The van der Waals surface area contributed by atoms with Gasteiger partial charge in [-0.1, -0.05) is 96.5 Å². The molecule has 4 aromatic rings. The van der Waals surface area contributed by atoms with Gasteiger partial charge >= 0.3 is 0 Å². The second-order valence-electron chi connectivity index (χ2n) is 15.0. The van der Waals surface area contributed by atoms with Gasteiger partial charge in [-0.25, -0.2) is 0 Å². The van der Waals surface area contributed by atoms with E-state index in [9.17, 15) is 0 Å². The molecule has 1 nitrogen and oxygen atoms in total. The average molecular weight is 576 g/mol. The van der Waals surface area contributed by atoms with E-state index in [1.807, 2.05) is 0 Å². The van der Waals surface area contributed by atoms with Gasteiger partial charge in [0.05, 0.1) is 5.69 Å². The summed E-state index contributed by atoms with van der Waals surface area (Å²) in [7, 11) is 0. The maximum atomic E-state index is 6.78. The van der Waals surface area contributed by atoms with Crippen molar-refractivity contribution in [1.29, 1.82) is 0 Å². The number of benzene rings is 4. The van der Waals surface area contributed by atoms with E-state index in [1.165, 1.54) is 70.4 Å². The number of nitrogens with zero attached hydrogens (tertiary/aromatic N) is 1. The minimum absolute atomic E-state index is 0.0953. The maximum absolute atomic E-state index is 6.78. The Morgan fingerprint density at radius 3 is 1.98 bits per heavy atom. The van der Waals surface area contributed by atoms with Crippen molar-refractivity contribution in [2.75, 3.05) is 4.90 Å². The van der Waals surface area contributed by atoms with Crippen LogP contribution in [0, 0.1) is 6.92 Å². The minimum Gasteiger partial charge on any atom is -0.310 e. The van der Waals surface area contributed by atoms with Gasteiger partial charge in [0.1, 0.15) is 0 Å². The van der Waals surface area contributed by atoms with Gasteiger partial charge in [0.15, 0.2) is 0 Å². The molecular weight excluding hydrogens is 530 g/mol. The molecule has 0 saturated heterocycles. The molecule has 0 heterocycles. The van der Waals surface area contributed by atoms with Crippen LogP contribution in [0.15, 0.2) is 78.9 Å². The van der Waals surface area contributed by atoms with E-state index in [4.69, 9.17) is 11.6 Å². The summed E-state index contributed by atoms with van der Waals surface area (Å²) in [5.74, 6) is 0.579. The fourth-order valence-electron chi connectivity index (χ4n) is 7.48. The first kappa shape index (κ1) is 29.1. The third-order valence-corrected chi connectivity index (χ3v) is 10.6. The molecule has 218 valence electrons. The maximum Gasteiger partial charge on any atom is 0.0543 e. The van der Waals surface area contributed by atoms with E-state index in [0.717, 1.165) is 16.3 Å². The molecule has 42 heavy (non-hydrogen) atoms. The zero-order valence-corrected chi connectivity index (χ0v) is 27.5. The number of fused-ring (bicyclic) bond motifs is 2. The highest BCUT2D eigenvalue weighted by molar-refractivity contribution is 6.31. The summed E-state index contributed by atoms with van der Waals surface area (Å²) in [6, 6.07) is 29.6. The highest BCUT2D eigenvalue weighted by Gasteiger charge is 2.39. The van der Waals surface area contributed by atoms with Gasteiger partial charge < -0.3 is 4.90 Å². The van der Waals surface area contributed by atoms with Crippen LogP contribution in [0.4, 0.5) is 17.1 Å². The molecule has 0 bridgehead atoms. The van der Waals surface area contributed by atoms with E-state index in [1.54, 1.807) is 0 Å². The van der Waals surface area contributed by atoms with Gasteiger partial charge in [-0.05, 0) is 131 Å². The van der Waals surface area contributed by atoms with Crippen LogP contribution in [0.1, 0.15) is 108 Å². The van der Waals surface area contributed by atoms with E-state index in [0.29, 0.717) is 5.92 Å². The van der Waals surface area contributed by atoms with Crippen LogP contribution in [0.25, 0.3) is 11.1 Å². The van der Waals surface area contributed by atoms with Gasteiger partial charge in [-0.15, -0.1) is 0 Å². The van der Waals surface area contributed by atoms with Crippen molar-refractivity contribution < 1.29 is 0 Å². The highest BCUT2D eigenvalue weighted by Crippen LogP contribution is 2.52. The lowest BCUT2D eigenvalue weighted by atomic mass is 9.62. The largest absolute Gasteiger partial charge is 0.310 e. The first-order valence-corrected chi connectivity index (χ1v) is 16.1. The molecular formula is C40H46ClN. The lowest BCUT2D eigenvalue weighted by Gasteiger charge is -2.43. The van der Waals surface area contributed by atoms with Crippen LogP contribution in [-0.2, 0) is 16.2 Å². The summed E-state index contributed by atoms with van der Waals surface area (Å²) < 4.78 is 0.